The van der Waals surface area contributed by atoms with Crippen molar-refractivity contribution in [3.05, 3.63) is 65.7 Å². The van der Waals surface area contributed by atoms with Gasteiger partial charge in [0, 0.05) is 32.6 Å². The van der Waals surface area contributed by atoms with Gasteiger partial charge in [0.1, 0.15) is 5.75 Å². The van der Waals surface area contributed by atoms with Gasteiger partial charge in [-0.25, -0.2) is 0 Å². The normalized spacial score (nSPS) is 20.8. The standard InChI is InChI=1S/C26H32N2O4/c1-32-23-10-7-20(8-11-23)13-16-28-19-21(9-12-24(28)29)25(30)27-17-14-26(31,15-18-27)22-5-3-2-4-6-22/h2-8,10-11,21,31H,9,12-19H2,1H3/t21-/m0/s1. The highest BCUT2D eigenvalue weighted by molar-refractivity contribution is 5.84. The van der Waals surface area contributed by atoms with Crippen LogP contribution in [0.15, 0.2) is 54.6 Å². The monoisotopic (exact) mass is 436 g/mol. The first-order chi connectivity index (χ1) is 15.5. The van der Waals surface area contributed by atoms with Gasteiger partial charge in [-0.05, 0) is 48.9 Å². The smallest absolute Gasteiger partial charge is 0.227 e. The predicted octanol–water partition coefficient (Wildman–Crippen LogP) is 2.99. The number of hydrogen-bond donors (Lipinski definition) is 1. The van der Waals surface area contributed by atoms with E-state index in [-0.39, 0.29) is 17.7 Å². The van der Waals surface area contributed by atoms with E-state index in [4.69, 9.17) is 4.74 Å². The van der Waals surface area contributed by atoms with Gasteiger partial charge in [-0.1, -0.05) is 42.5 Å². The number of ether oxygens (including phenoxy) is 1. The lowest BCUT2D eigenvalue weighted by atomic mass is 9.84. The van der Waals surface area contributed by atoms with Crippen molar-refractivity contribution in [3.63, 3.8) is 0 Å². The molecule has 4 rings (SSSR count). The summed E-state index contributed by atoms with van der Waals surface area (Å²) in [5, 5.41) is 11.0. The van der Waals surface area contributed by atoms with Crippen molar-refractivity contribution in [1.29, 1.82) is 0 Å². The summed E-state index contributed by atoms with van der Waals surface area (Å²) in [6.45, 7) is 2.18. The van der Waals surface area contributed by atoms with E-state index in [1.807, 2.05) is 64.4 Å². The number of methoxy groups -OCH3 is 1. The molecule has 170 valence electrons. The Hall–Kier alpha value is -2.86. The summed E-state index contributed by atoms with van der Waals surface area (Å²) in [6.07, 6.45) is 2.85. The number of hydrogen-bond acceptors (Lipinski definition) is 4. The number of aliphatic hydroxyl groups is 1. The maximum absolute atomic E-state index is 13.2. The molecular weight excluding hydrogens is 404 g/mol. The fourth-order valence-electron chi connectivity index (χ4n) is 4.78. The van der Waals surface area contributed by atoms with Crippen LogP contribution < -0.4 is 4.74 Å². The average molecular weight is 437 g/mol. The molecule has 0 saturated carbocycles. The molecule has 2 aromatic rings. The van der Waals surface area contributed by atoms with E-state index in [1.54, 1.807) is 7.11 Å². The van der Waals surface area contributed by atoms with E-state index in [2.05, 4.69) is 0 Å². The molecule has 6 nitrogen and oxygen atoms in total. The predicted molar refractivity (Wildman–Crippen MR) is 122 cm³/mol. The molecule has 2 amide bonds. The summed E-state index contributed by atoms with van der Waals surface area (Å²) in [5.74, 6) is 0.891. The van der Waals surface area contributed by atoms with Gasteiger partial charge in [0.2, 0.25) is 11.8 Å². The maximum Gasteiger partial charge on any atom is 0.227 e. The third kappa shape index (κ3) is 4.96. The minimum Gasteiger partial charge on any atom is -0.497 e. The molecule has 2 heterocycles. The molecule has 0 aliphatic carbocycles. The molecule has 2 aromatic carbocycles. The highest BCUT2D eigenvalue weighted by Gasteiger charge is 2.38. The zero-order valence-electron chi connectivity index (χ0n) is 18.7. The van der Waals surface area contributed by atoms with Gasteiger partial charge in [-0.3, -0.25) is 9.59 Å². The Kier molecular flexibility index (Phi) is 6.80. The van der Waals surface area contributed by atoms with Crippen molar-refractivity contribution in [2.45, 2.75) is 37.7 Å². The number of carbonyl (C=O) groups is 2. The number of rotatable bonds is 6. The van der Waals surface area contributed by atoms with Crippen LogP contribution in [0.4, 0.5) is 0 Å². The summed E-state index contributed by atoms with van der Waals surface area (Å²) >= 11 is 0. The lowest BCUT2D eigenvalue weighted by molar-refractivity contribution is -0.146. The number of carbonyl (C=O) groups excluding carboxylic acids is 2. The van der Waals surface area contributed by atoms with Gasteiger partial charge in [-0.2, -0.15) is 0 Å². The molecule has 1 atom stereocenters. The lowest BCUT2D eigenvalue weighted by Gasteiger charge is -2.41. The number of benzene rings is 2. The molecule has 2 saturated heterocycles. The van der Waals surface area contributed by atoms with Crippen LogP contribution in [0.3, 0.4) is 0 Å². The average Bonchev–Trinajstić information content (AvgIpc) is 2.84. The number of piperidine rings is 2. The van der Waals surface area contributed by atoms with Gasteiger partial charge in [0.05, 0.1) is 18.6 Å². The van der Waals surface area contributed by atoms with Crippen LogP contribution in [0.5, 0.6) is 5.75 Å². The van der Waals surface area contributed by atoms with Crippen molar-refractivity contribution in [1.82, 2.24) is 9.80 Å². The second-order valence-electron chi connectivity index (χ2n) is 8.90. The zero-order valence-corrected chi connectivity index (χ0v) is 18.7. The number of amides is 2. The van der Waals surface area contributed by atoms with Gasteiger partial charge < -0.3 is 19.6 Å². The second-order valence-corrected chi connectivity index (χ2v) is 8.90. The minimum atomic E-state index is -0.870. The quantitative estimate of drug-likeness (QED) is 0.756. The summed E-state index contributed by atoms with van der Waals surface area (Å²) < 4.78 is 5.19. The Labute approximate surface area is 189 Å². The molecule has 6 heteroatoms. The molecule has 0 bridgehead atoms. The Balaban J connectivity index is 1.31. The Bertz CT molecular complexity index is 921. The van der Waals surface area contributed by atoms with Crippen LogP contribution in [0.25, 0.3) is 0 Å². The highest BCUT2D eigenvalue weighted by atomic mass is 16.5. The van der Waals surface area contributed by atoms with Crippen LogP contribution in [0, 0.1) is 5.92 Å². The first-order valence-corrected chi connectivity index (χ1v) is 11.5. The van der Waals surface area contributed by atoms with E-state index in [9.17, 15) is 14.7 Å². The summed E-state index contributed by atoms with van der Waals surface area (Å²) in [6, 6.07) is 17.6. The van der Waals surface area contributed by atoms with E-state index in [1.165, 1.54) is 0 Å². The van der Waals surface area contributed by atoms with Gasteiger partial charge in [0.15, 0.2) is 0 Å². The van der Waals surface area contributed by atoms with E-state index in [0.717, 1.165) is 23.3 Å². The van der Waals surface area contributed by atoms with Crippen LogP contribution >= 0.6 is 0 Å². The third-order valence-corrected chi connectivity index (χ3v) is 6.89. The van der Waals surface area contributed by atoms with Crippen LogP contribution in [-0.4, -0.2) is 60.0 Å². The van der Waals surface area contributed by atoms with E-state index < -0.39 is 5.60 Å². The Morgan fingerprint density at radius 2 is 1.78 bits per heavy atom. The molecule has 2 fully saturated rings. The Morgan fingerprint density at radius 3 is 2.44 bits per heavy atom. The first-order valence-electron chi connectivity index (χ1n) is 11.5. The lowest BCUT2D eigenvalue weighted by Crippen LogP contribution is -2.51. The van der Waals surface area contributed by atoms with Gasteiger partial charge in [0.25, 0.3) is 0 Å². The number of nitrogens with zero attached hydrogens (tertiary/aromatic N) is 2. The Morgan fingerprint density at radius 1 is 1.09 bits per heavy atom. The second kappa shape index (κ2) is 9.74. The van der Waals surface area contributed by atoms with Crippen molar-refractivity contribution in [3.8, 4) is 5.75 Å². The molecule has 0 unspecified atom stereocenters. The molecule has 0 aromatic heterocycles. The molecule has 1 N–H and O–H groups in total. The molecule has 0 spiro atoms. The fraction of sp³-hybridized carbons (Fsp3) is 0.462. The van der Waals surface area contributed by atoms with Crippen molar-refractivity contribution in [2.24, 2.45) is 5.92 Å². The van der Waals surface area contributed by atoms with E-state index >= 15 is 0 Å². The molecule has 2 aliphatic heterocycles. The summed E-state index contributed by atoms with van der Waals surface area (Å²) in [7, 11) is 1.64. The molecule has 2 aliphatic rings. The maximum atomic E-state index is 13.2. The topological polar surface area (TPSA) is 70.1 Å². The summed E-state index contributed by atoms with van der Waals surface area (Å²) in [4.78, 5) is 29.3. The first kappa shape index (κ1) is 22.3. The van der Waals surface area contributed by atoms with Crippen molar-refractivity contribution < 1.29 is 19.4 Å². The molecule has 32 heavy (non-hydrogen) atoms. The van der Waals surface area contributed by atoms with E-state index in [0.29, 0.717) is 51.9 Å². The summed E-state index contributed by atoms with van der Waals surface area (Å²) in [5.41, 5.74) is 1.19. The van der Waals surface area contributed by atoms with Gasteiger partial charge in [-0.15, -0.1) is 0 Å². The molecular formula is C26H32N2O4. The number of likely N-dealkylation sites (tertiary alicyclic amines) is 2. The SMILES string of the molecule is COc1ccc(CCN2C[C@@H](C(=O)N3CCC(O)(c4ccccc4)CC3)CCC2=O)cc1. The van der Waals surface area contributed by atoms with Crippen LogP contribution in [-0.2, 0) is 21.6 Å². The van der Waals surface area contributed by atoms with Crippen LogP contribution in [0.2, 0.25) is 0 Å². The highest BCUT2D eigenvalue weighted by Crippen LogP contribution is 2.33. The third-order valence-electron chi connectivity index (χ3n) is 6.89. The van der Waals surface area contributed by atoms with Gasteiger partial charge >= 0.3 is 0 Å². The van der Waals surface area contributed by atoms with Crippen LogP contribution in [0.1, 0.15) is 36.8 Å². The fourth-order valence-corrected chi connectivity index (χ4v) is 4.78. The largest absolute Gasteiger partial charge is 0.497 e. The van der Waals surface area contributed by atoms with Crippen molar-refractivity contribution >= 4 is 11.8 Å². The zero-order chi connectivity index (χ0) is 22.6. The van der Waals surface area contributed by atoms with Crippen molar-refractivity contribution in [2.75, 3.05) is 33.3 Å². The molecule has 0 radical (unpaired) electrons. The minimum absolute atomic E-state index is 0.113.